The highest BCUT2D eigenvalue weighted by Crippen LogP contribution is 2.13. The highest BCUT2D eigenvalue weighted by Gasteiger charge is 2.16. The lowest BCUT2D eigenvalue weighted by atomic mass is 10.2. The molecule has 26 heavy (non-hydrogen) atoms. The van der Waals surface area contributed by atoms with Crippen LogP contribution in [0.5, 0.6) is 0 Å². The van der Waals surface area contributed by atoms with Crippen LogP contribution in [0.1, 0.15) is 11.1 Å². The first-order valence-corrected chi connectivity index (χ1v) is 8.25. The van der Waals surface area contributed by atoms with Gasteiger partial charge in [0.25, 0.3) is 0 Å². The van der Waals surface area contributed by atoms with E-state index in [0.29, 0.717) is 5.69 Å². The minimum Gasteiger partial charge on any atom is -0.306 e. The number of halogens is 1. The van der Waals surface area contributed by atoms with Gasteiger partial charge in [0.15, 0.2) is 0 Å². The Morgan fingerprint density at radius 2 is 1.46 bits per heavy atom. The van der Waals surface area contributed by atoms with E-state index in [0.717, 1.165) is 11.1 Å². The predicted octanol–water partition coefficient (Wildman–Crippen LogP) is 4.99. The second-order valence-electron chi connectivity index (χ2n) is 5.72. The second-order valence-corrected chi connectivity index (χ2v) is 5.72. The van der Waals surface area contributed by atoms with Crippen molar-refractivity contribution in [3.05, 3.63) is 102 Å². The van der Waals surface area contributed by atoms with Gasteiger partial charge < -0.3 is 5.32 Å². The molecule has 0 saturated heterocycles. The molecule has 0 radical (unpaired) electrons. The van der Waals surface area contributed by atoms with Gasteiger partial charge in [-0.3, -0.25) is 4.84 Å². The van der Waals surface area contributed by atoms with E-state index in [2.05, 4.69) is 5.32 Å². The zero-order valence-electron chi connectivity index (χ0n) is 14.1. The summed E-state index contributed by atoms with van der Waals surface area (Å²) in [5, 5.41) is 4.04. The Morgan fingerprint density at radius 3 is 2.12 bits per heavy atom. The molecule has 2 amide bonds. The lowest BCUT2D eigenvalue weighted by Crippen LogP contribution is -2.34. The summed E-state index contributed by atoms with van der Waals surface area (Å²) in [6.07, 6.45) is 0. The van der Waals surface area contributed by atoms with Crippen LogP contribution >= 0.6 is 0 Å². The van der Waals surface area contributed by atoms with Gasteiger partial charge in [-0.05, 0) is 35.4 Å². The molecule has 0 aliphatic heterocycles. The van der Waals surface area contributed by atoms with Gasteiger partial charge in [-0.25, -0.2) is 9.18 Å². The van der Waals surface area contributed by atoms with Gasteiger partial charge in [-0.2, -0.15) is 5.06 Å². The van der Waals surface area contributed by atoms with E-state index in [4.69, 9.17) is 4.84 Å². The molecule has 3 aromatic rings. The fourth-order valence-electron chi connectivity index (χ4n) is 2.37. The van der Waals surface area contributed by atoms with E-state index in [1.54, 1.807) is 24.3 Å². The van der Waals surface area contributed by atoms with Crippen molar-refractivity contribution in [2.24, 2.45) is 0 Å². The number of anilines is 1. The Balaban J connectivity index is 1.71. The summed E-state index contributed by atoms with van der Waals surface area (Å²) in [5.74, 6) is -0.320. The van der Waals surface area contributed by atoms with Crippen molar-refractivity contribution in [1.29, 1.82) is 0 Å². The van der Waals surface area contributed by atoms with Crippen molar-refractivity contribution in [2.75, 3.05) is 5.32 Å². The third-order valence-electron chi connectivity index (χ3n) is 3.72. The highest BCUT2D eigenvalue weighted by atomic mass is 19.1. The molecule has 5 heteroatoms. The quantitative estimate of drug-likeness (QED) is 0.636. The number of urea groups is 1. The zero-order valence-corrected chi connectivity index (χ0v) is 14.1. The van der Waals surface area contributed by atoms with Gasteiger partial charge in [-0.15, -0.1) is 0 Å². The smallest absolute Gasteiger partial charge is 0.306 e. The van der Waals surface area contributed by atoms with Crippen molar-refractivity contribution < 1.29 is 14.0 Å². The van der Waals surface area contributed by atoms with Crippen LogP contribution in [-0.4, -0.2) is 11.1 Å². The fraction of sp³-hybridized carbons (Fsp3) is 0.0952. The van der Waals surface area contributed by atoms with Crippen molar-refractivity contribution in [3.63, 3.8) is 0 Å². The Labute approximate surface area is 151 Å². The Morgan fingerprint density at radius 1 is 0.846 bits per heavy atom. The van der Waals surface area contributed by atoms with Gasteiger partial charge in [-0.1, -0.05) is 60.7 Å². The molecule has 0 saturated carbocycles. The Kier molecular flexibility index (Phi) is 5.96. The summed E-state index contributed by atoms with van der Waals surface area (Å²) in [6.45, 7) is 0.454. The second kappa shape index (κ2) is 8.78. The first-order valence-electron chi connectivity index (χ1n) is 8.25. The normalized spacial score (nSPS) is 10.3. The van der Waals surface area contributed by atoms with E-state index in [9.17, 15) is 9.18 Å². The molecule has 132 valence electrons. The number of carbonyl (C=O) groups is 1. The summed E-state index contributed by atoms with van der Waals surface area (Å²) in [4.78, 5) is 18.3. The molecule has 4 nitrogen and oxygen atoms in total. The van der Waals surface area contributed by atoms with Gasteiger partial charge >= 0.3 is 6.03 Å². The first kappa shape index (κ1) is 17.6. The molecular weight excluding hydrogens is 331 g/mol. The van der Waals surface area contributed by atoms with E-state index in [1.807, 2.05) is 48.5 Å². The lowest BCUT2D eigenvalue weighted by molar-refractivity contribution is -0.131. The van der Waals surface area contributed by atoms with Crippen molar-refractivity contribution in [1.82, 2.24) is 5.06 Å². The van der Waals surface area contributed by atoms with E-state index in [1.165, 1.54) is 17.2 Å². The summed E-state index contributed by atoms with van der Waals surface area (Å²) in [7, 11) is 0. The summed E-state index contributed by atoms with van der Waals surface area (Å²) >= 11 is 0. The van der Waals surface area contributed by atoms with Crippen LogP contribution in [0.3, 0.4) is 0 Å². The molecule has 0 bridgehead atoms. The minimum absolute atomic E-state index is 0.200. The number of nitrogens with one attached hydrogen (secondary N) is 1. The van der Waals surface area contributed by atoms with Crippen LogP contribution in [0.15, 0.2) is 84.9 Å². The standard InChI is InChI=1S/C21H19FN2O2/c22-19-13-11-17(12-14-19)15-24(26-16-18-7-3-1-4-8-18)21(25)23-20-9-5-2-6-10-20/h1-14H,15-16H2,(H,23,25). The topological polar surface area (TPSA) is 41.6 Å². The number of para-hydroxylation sites is 1. The Bertz CT molecular complexity index is 824. The molecule has 0 aliphatic rings. The van der Waals surface area contributed by atoms with Crippen LogP contribution in [-0.2, 0) is 18.0 Å². The van der Waals surface area contributed by atoms with Gasteiger partial charge in [0.2, 0.25) is 0 Å². The number of hydroxylamine groups is 2. The van der Waals surface area contributed by atoms with Crippen molar-refractivity contribution in [2.45, 2.75) is 13.2 Å². The maximum atomic E-state index is 13.1. The maximum absolute atomic E-state index is 13.1. The fourth-order valence-corrected chi connectivity index (χ4v) is 2.37. The van der Waals surface area contributed by atoms with Crippen LogP contribution in [0.2, 0.25) is 0 Å². The molecule has 0 fully saturated rings. The molecule has 1 N–H and O–H groups in total. The molecule has 3 aromatic carbocycles. The number of hydrogen-bond donors (Lipinski definition) is 1. The third kappa shape index (κ3) is 5.16. The monoisotopic (exact) mass is 350 g/mol. The van der Waals surface area contributed by atoms with Crippen LogP contribution in [0.4, 0.5) is 14.9 Å². The molecule has 0 spiro atoms. The summed E-state index contributed by atoms with van der Waals surface area (Å²) in [6, 6.07) is 24.3. The molecule has 0 heterocycles. The number of rotatable bonds is 6. The Hall–Kier alpha value is -3.18. The van der Waals surface area contributed by atoms with Crippen molar-refractivity contribution >= 4 is 11.7 Å². The van der Waals surface area contributed by atoms with E-state index < -0.39 is 6.03 Å². The number of amides is 2. The summed E-state index contributed by atoms with van der Waals surface area (Å²) in [5.41, 5.74) is 2.39. The molecule has 0 aromatic heterocycles. The summed E-state index contributed by atoms with van der Waals surface area (Å²) < 4.78 is 13.1. The minimum atomic E-state index is -0.392. The molecular formula is C21H19FN2O2. The van der Waals surface area contributed by atoms with Crippen molar-refractivity contribution in [3.8, 4) is 0 Å². The SMILES string of the molecule is O=C(Nc1ccccc1)N(Cc1ccc(F)cc1)OCc1ccccc1. The lowest BCUT2D eigenvalue weighted by Gasteiger charge is -2.22. The molecule has 0 atom stereocenters. The molecule has 0 unspecified atom stereocenters. The van der Waals surface area contributed by atoms with E-state index in [-0.39, 0.29) is 19.0 Å². The van der Waals surface area contributed by atoms with E-state index >= 15 is 0 Å². The number of nitrogens with zero attached hydrogens (tertiary/aromatic N) is 1. The number of benzene rings is 3. The highest BCUT2D eigenvalue weighted by molar-refractivity contribution is 5.88. The van der Waals surface area contributed by atoms with Crippen LogP contribution in [0, 0.1) is 5.82 Å². The molecule has 3 rings (SSSR count). The number of hydrogen-bond acceptors (Lipinski definition) is 2. The molecule has 0 aliphatic carbocycles. The maximum Gasteiger partial charge on any atom is 0.346 e. The number of carbonyl (C=O) groups excluding carboxylic acids is 1. The van der Waals surface area contributed by atoms with Gasteiger partial charge in [0.05, 0.1) is 6.54 Å². The van der Waals surface area contributed by atoms with Crippen LogP contribution < -0.4 is 5.32 Å². The van der Waals surface area contributed by atoms with Gasteiger partial charge in [0.1, 0.15) is 12.4 Å². The first-order chi connectivity index (χ1) is 12.7. The average molecular weight is 350 g/mol. The zero-order chi connectivity index (χ0) is 18.2. The predicted molar refractivity (Wildman–Crippen MR) is 98.6 cm³/mol. The third-order valence-corrected chi connectivity index (χ3v) is 3.72. The average Bonchev–Trinajstić information content (AvgIpc) is 2.68. The van der Waals surface area contributed by atoms with Crippen LogP contribution in [0.25, 0.3) is 0 Å². The largest absolute Gasteiger partial charge is 0.346 e. The van der Waals surface area contributed by atoms with Gasteiger partial charge in [0, 0.05) is 5.69 Å².